The van der Waals surface area contributed by atoms with E-state index in [0.717, 1.165) is 12.1 Å². The Bertz CT molecular complexity index is 639. The highest BCUT2D eigenvalue weighted by molar-refractivity contribution is 7.89. The van der Waals surface area contributed by atoms with E-state index in [1.807, 2.05) is 0 Å². The van der Waals surface area contributed by atoms with Crippen LogP contribution in [-0.2, 0) is 14.8 Å². The molecule has 21 heavy (non-hydrogen) atoms. The molecule has 0 spiro atoms. The zero-order valence-electron chi connectivity index (χ0n) is 10.2. The van der Waals surface area contributed by atoms with Crippen LogP contribution in [0.2, 0.25) is 10.0 Å². The van der Waals surface area contributed by atoms with Crippen molar-refractivity contribution in [3.8, 4) is 0 Å². The fourth-order valence-corrected chi connectivity index (χ4v) is 2.57. The van der Waals surface area contributed by atoms with Gasteiger partial charge in [-0.15, -0.1) is 0 Å². The Hall–Kier alpha value is -1.03. The van der Waals surface area contributed by atoms with Crippen LogP contribution < -0.4 is 10.5 Å². The second-order valence-corrected chi connectivity index (χ2v) is 6.35. The maximum absolute atomic E-state index is 12.0. The third-order valence-electron chi connectivity index (χ3n) is 2.24. The molecule has 1 amide bonds. The molecule has 0 radical (unpaired) electrons. The highest BCUT2D eigenvalue weighted by Gasteiger charge is 2.28. The number of benzene rings is 1. The standard InChI is InChI=1S/C10H9Cl2F3N2O3S/c11-6-3-5(21(16,19)20)4-7(12)9(6)17-8(18)1-2-10(13,14)15/h3-4H,1-2H2,(H,17,18)(H2,16,19,20). The molecule has 0 aliphatic heterocycles. The Kier molecular flexibility index (Phi) is 5.48. The largest absolute Gasteiger partial charge is 0.389 e. The molecule has 0 saturated carbocycles. The molecule has 11 heteroatoms. The number of carbonyl (C=O) groups is 1. The van der Waals surface area contributed by atoms with Crippen LogP contribution >= 0.6 is 23.2 Å². The summed E-state index contributed by atoms with van der Waals surface area (Å²) in [5, 5.41) is 6.46. The van der Waals surface area contributed by atoms with Crippen LogP contribution in [0.4, 0.5) is 18.9 Å². The van der Waals surface area contributed by atoms with E-state index in [0.29, 0.717) is 0 Å². The summed E-state index contributed by atoms with van der Waals surface area (Å²) in [6.45, 7) is 0. The lowest BCUT2D eigenvalue weighted by Crippen LogP contribution is -2.17. The van der Waals surface area contributed by atoms with Crippen molar-refractivity contribution < 1.29 is 26.4 Å². The molecule has 3 N–H and O–H groups in total. The molecule has 0 saturated heterocycles. The van der Waals surface area contributed by atoms with Crippen LogP contribution in [0.3, 0.4) is 0 Å². The third-order valence-corrected chi connectivity index (χ3v) is 3.73. The zero-order chi connectivity index (χ0) is 16.4. The van der Waals surface area contributed by atoms with Gasteiger partial charge in [0.2, 0.25) is 15.9 Å². The first-order chi connectivity index (χ1) is 9.40. The van der Waals surface area contributed by atoms with Gasteiger partial charge in [0, 0.05) is 6.42 Å². The lowest BCUT2D eigenvalue weighted by molar-refractivity contribution is -0.142. The van der Waals surface area contributed by atoms with Gasteiger partial charge in [-0.05, 0) is 12.1 Å². The highest BCUT2D eigenvalue weighted by atomic mass is 35.5. The third kappa shape index (κ3) is 5.70. The van der Waals surface area contributed by atoms with Gasteiger partial charge in [0.05, 0.1) is 27.0 Å². The quantitative estimate of drug-likeness (QED) is 0.860. The SMILES string of the molecule is NS(=O)(=O)c1cc(Cl)c(NC(=O)CCC(F)(F)F)c(Cl)c1. The number of primary sulfonamides is 1. The Morgan fingerprint density at radius 3 is 2.10 bits per heavy atom. The summed E-state index contributed by atoms with van der Waals surface area (Å²) >= 11 is 11.5. The van der Waals surface area contributed by atoms with Gasteiger partial charge >= 0.3 is 6.18 Å². The normalized spacial score (nSPS) is 12.3. The molecule has 118 valence electrons. The van der Waals surface area contributed by atoms with Gasteiger partial charge in [0.15, 0.2) is 0 Å². The van der Waals surface area contributed by atoms with Crippen LogP contribution in [0.15, 0.2) is 17.0 Å². The Morgan fingerprint density at radius 1 is 1.24 bits per heavy atom. The lowest BCUT2D eigenvalue weighted by atomic mass is 10.2. The van der Waals surface area contributed by atoms with Crippen molar-refractivity contribution in [2.75, 3.05) is 5.32 Å². The van der Waals surface area contributed by atoms with E-state index in [-0.39, 0.29) is 20.6 Å². The second-order valence-electron chi connectivity index (χ2n) is 3.97. The average molecular weight is 365 g/mol. The summed E-state index contributed by atoms with van der Waals surface area (Å²) in [5.41, 5.74) is -0.182. The fourth-order valence-electron chi connectivity index (χ4n) is 1.29. The van der Waals surface area contributed by atoms with E-state index in [2.05, 4.69) is 5.32 Å². The van der Waals surface area contributed by atoms with Crippen LogP contribution in [0.1, 0.15) is 12.8 Å². The number of sulfonamides is 1. The molecule has 0 heterocycles. The predicted octanol–water partition coefficient (Wildman–Crippen LogP) is 2.92. The second kappa shape index (κ2) is 6.39. The maximum Gasteiger partial charge on any atom is 0.389 e. The molecule has 1 rings (SSSR count). The minimum absolute atomic E-state index is 0.182. The topological polar surface area (TPSA) is 89.3 Å². The molecule has 0 aliphatic carbocycles. The number of nitrogens with one attached hydrogen (secondary N) is 1. The number of anilines is 1. The molecule has 0 aliphatic rings. The molecule has 0 fully saturated rings. The molecule has 0 atom stereocenters. The number of carbonyl (C=O) groups excluding carboxylic acids is 1. The molecular formula is C10H9Cl2F3N2O3S. The Balaban J connectivity index is 2.93. The van der Waals surface area contributed by atoms with Crippen molar-refractivity contribution in [3.63, 3.8) is 0 Å². The molecule has 0 unspecified atom stereocenters. The monoisotopic (exact) mass is 364 g/mol. The molecule has 0 aromatic heterocycles. The average Bonchev–Trinajstić information content (AvgIpc) is 2.29. The number of nitrogens with two attached hydrogens (primary N) is 1. The Labute approximate surface area is 128 Å². The van der Waals surface area contributed by atoms with Crippen molar-refractivity contribution in [2.24, 2.45) is 5.14 Å². The first-order valence-electron chi connectivity index (χ1n) is 5.28. The van der Waals surface area contributed by atoms with Gasteiger partial charge in [-0.1, -0.05) is 23.2 Å². The number of halogens is 5. The van der Waals surface area contributed by atoms with E-state index < -0.39 is 34.9 Å². The van der Waals surface area contributed by atoms with Crippen molar-refractivity contribution >= 4 is 44.8 Å². The summed E-state index contributed by atoms with van der Waals surface area (Å²) in [6.07, 6.45) is -6.58. The molecule has 1 aromatic carbocycles. The van der Waals surface area contributed by atoms with Gasteiger partial charge in [-0.25, -0.2) is 13.6 Å². The lowest BCUT2D eigenvalue weighted by Gasteiger charge is -2.11. The predicted molar refractivity (Wildman–Crippen MR) is 71.8 cm³/mol. The van der Waals surface area contributed by atoms with E-state index in [1.165, 1.54) is 0 Å². The van der Waals surface area contributed by atoms with Crippen LogP contribution in [0.25, 0.3) is 0 Å². The van der Waals surface area contributed by atoms with Gasteiger partial charge in [0.1, 0.15) is 0 Å². The molecule has 1 aromatic rings. The summed E-state index contributed by atoms with van der Waals surface area (Å²) in [6, 6.07) is 1.87. The van der Waals surface area contributed by atoms with Crippen LogP contribution in [0, 0.1) is 0 Å². The van der Waals surface area contributed by atoms with Crippen molar-refractivity contribution in [3.05, 3.63) is 22.2 Å². The number of rotatable bonds is 4. The molecule has 5 nitrogen and oxygen atoms in total. The number of hydrogen-bond donors (Lipinski definition) is 2. The number of amides is 1. The van der Waals surface area contributed by atoms with Crippen LogP contribution in [0.5, 0.6) is 0 Å². The summed E-state index contributed by atoms with van der Waals surface area (Å²) in [4.78, 5) is 11.0. The molecule has 0 bridgehead atoms. The fraction of sp³-hybridized carbons (Fsp3) is 0.300. The minimum Gasteiger partial charge on any atom is -0.324 e. The van der Waals surface area contributed by atoms with Gasteiger partial charge in [0.25, 0.3) is 0 Å². The zero-order valence-corrected chi connectivity index (χ0v) is 12.5. The van der Waals surface area contributed by atoms with Crippen LogP contribution in [-0.4, -0.2) is 20.5 Å². The Morgan fingerprint density at radius 2 is 1.71 bits per heavy atom. The van der Waals surface area contributed by atoms with Crippen molar-refractivity contribution in [1.29, 1.82) is 0 Å². The van der Waals surface area contributed by atoms with Crippen molar-refractivity contribution in [1.82, 2.24) is 0 Å². The van der Waals surface area contributed by atoms with Gasteiger partial charge < -0.3 is 5.32 Å². The first kappa shape index (κ1) is 18.0. The number of hydrogen-bond acceptors (Lipinski definition) is 3. The van der Waals surface area contributed by atoms with E-state index in [9.17, 15) is 26.4 Å². The highest BCUT2D eigenvalue weighted by Crippen LogP contribution is 2.33. The summed E-state index contributed by atoms with van der Waals surface area (Å²) in [7, 11) is -4.05. The minimum atomic E-state index is -4.47. The van der Waals surface area contributed by atoms with Gasteiger partial charge in [-0.3, -0.25) is 4.79 Å². The number of alkyl halides is 3. The smallest absolute Gasteiger partial charge is 0.324 e. The summed E-state index contributed by atoms with van der Waals surface area (Å²) < 4.78 is 58.2. The van der Waals surface area contributed by atoms with E-state index >= 15 is 0 Å². The van der Waals surface area contributed by atoms with E-state index in [1.54, 1.807) is 0 Å². The first-order valence-corrected chi connectivity index (χ1v) is 7.59. The van der Waals surface area contributed by atoms with E-state index in [4.69, 9.17) is 28.3 Å². The maximum atomic E-state index is 12.0. The van der Waals surface area contributed by atoms with Crippen molar-refractivity contribution in [2.45, 2.75) is 23.9 Å². The molecular weight excluding hydrogens is 356 g/mol. The van der Waals surface area contributed by atoms with Gasteiger partial charge in [-0.2, -0.15) is 13.2 Å². The summed E-state index contributed by atoms with van der Waals surface area (Å²) in [5.74, 6) is -0.959.